The fourth-order valence-corrected chi connectivity index (χ4v) is 3.49. The first kappa shape index (κ1) is 13.4. The molecule has 2 heterocycles. The molecular formula is C16H21NO3. The molecule has 2 aliphatic rings. The van der Waals surface area contributed by atoms with Crippen LogP contribution in [0.3, 0.4) is 0 Å². The molecule has 2 fully saturated rings. The minimum atomic E-state index is 0.121. The monoisotopic (exact) mass is 275 g/mol. The third kappa shape index (κ3) is 2.40. The molecular weight excluding hydrogens is 254 g/mol. The van der Waals surface area contributed by atoms with Crippen molar-refractivity contribution in [2.45, 2.75) is 37.8 Å². The van der Waals surface area contributed by atoms with Gasteiger partial charge >= 0.3 is 0 Å². The number of Topliss-reactive ketones (excluding diaryl/α,β-unsaturated/α-hetero) is 1. The molecule has 1 aromatic carbocycles. The number of ketones is 1. The van der Waals surface area contributed by atoms with Crippen molar-refractivity contribution in [1.29, 1.82) is 0 Å². The Labute approximate surface area is 119 Å². The van der Waals surface area contributed by atoms with Crippen molar-refractivity contribution in [3.8, 4) is 11.5 Å². The highest BCUT2D eigenvalue weighted by molar-refractivity contribution is 6.00. The molecule has 3 rings (SSSR count). The summed E-state index contributed by atoms with van der Waals surface area (Å²) >= 11 is 0. The Kier molecular flexibility index (Phi) is 3.66. The number of rotatable bonds is 4. The molecule has 2 saturated heterocycles. The first-order valence-electron chi connectivity index (χ1n) is 7.23. The Morgan fingerprint density at radius 1 is 1.15 bits per heavy atom. The number of carbonyl (C=O) groups is 1. The average Bonchev–Trinajstić information content (AvgIpc) is 2.84. The molecule has 0 saturated carbocycles. The third-order valence-corrected chi connectivity index (χ3v) is 4.52. The number of methoxy groups -OCH3 is 2. The fraction of sp³-hybridized carbons (Fsp3) is 0.562. The lowest BCUT2D eigenvalue weighted by Gasteiger charge is -2.28. The van der Waals surface area contributed by atoms with Crippen molar-refractivity contribution in [3.05, 3.63) is 23.8 Å². The second kappa shape index (κ2) is 5.44. The van der Waals surface area contributed by atoms with E-state index in [0.717, 1.165) is 12.8 Å². The van der Waals surface area contributed by atoms with E-state index < -0.39 is 0 Å². The first-order chi connectivity index (χ1) is 9.71. The highest BCUT2D eigenvalue weighted by Gasteiger charge is 2.37. The molecule has 4 heteroatoms. The Morgan fingerprint density at radius 3 is 2.45 bits per heavy atom. The van der Waals surface area contributed by atoms with Crippen LogP contribution in [0.2, 0.25) is 0 Å². The summed E-state index contributed by atoms with van der Waals surface area (Å²) in [6.45, 7) is 0. The van der Waals surface area contributed by atoms with Crippen molar-refractivity contribution in [3.63, 3.8) is 0 Å². The molecule has 2 aliphatic heterocycles. The number of fused-ring (bicyclic) bond motifs is 2. The summed E-state index contributed by atoms with van der Waals surface area (Å²) < 4.78 is 10.5. The maximum Gasteiger partial charge on any atom is 0.169 e. The van der Waals surface area contributed by atoms with Crippen LogP contribution in [0, 0.1) is 5.92 Å². The molecule has 0 aliphatic carbocycles. The number of nitrogens with one attached hydrogen (secondary N) is 1. The molecule has 1 aromatic rings. The van der Waals surface area contributed by atoms with Crippen molar-refractivity contribution >= 4 is 5.78 Å². The number of ether oxygens (including phenoxy) is 2. The molecule has 0 aromatic heterocycles. The number of hydrogen-bond acceptors (Lipinski definition) is 4. The van der Waals surface area contributed by atoms with Gasteiger partial charge in [-0.3, -0.25) is 4.79 Å². The summed E-state index contributed by atoms with van der Waals surface area (Å²) in [5.74, 6) is 1.66. The summed E-state index contributed by atoms with van der Waals surface area (Å²) in [6, 6.07) is 6.47. The summed E-state index contributed by atoms with van der Waals surface area (Å²) in [7, 11) is 3.21. The van der Waals surface area contributed by atoms with E-state index in [4.69, 9.17) is 9.47 Å². The van der Waals surface area contributed by atoms with Crippen LogP contribution in [-0.2, 0) is 0 Å². The van der Waals surface area contributed by atoms with Crippen LogP contribution >= 0.6 is 0 Å². The Bertz CT molecular complexity index is 502. The number of carbonyl (C=O) groups excluding carboxylic acids is 1. The zero-order valence-corrected chi connectivity index (χ0v) is 12.0. The van der Waals surface area contributed by atoms with Gasteiger partial charge in [0.2, 0.25) is 0 Å². The molecule has 2 unspecified atom stereocenters. The van der Waals surface area contributed by atoms with Gasteiger partial charge in [0, 0.05) is 24.1 Å². The van der Waals surface area contributed by atoms with E-state index in [1.165, 1.54) is 12.8 Å². The van der Waals surface area contributed by atoms with Gasteiger partial charge in [0.05, 0.1) is 19.8 Å². The molecule has 0 radical (unpaired) electrons. The van der Waals surface area contributed by atoms with E-state index in [2.05, 4.69) is 5.32 Å². The number of piperidine rings is 1. The maximum atomic E-state index is 12.7. The largest absolute Gasteiger partial charge is 0.497 e. The fourth-order valence-electron chi connectivity index (χ4n) is 3.49. The summed E-state index contributed by atoms with van der Waals surface area (Å²) in [5, 5.41) is 3.57. The molecule has 20 heavy (non-hydrogen) atoms. The van der Waals surface area contributed by atoms with Crippen molar-refractivity contribution in [2.24, 2.45) is 5.92 Å². The summed E-state index contributed by atoms with van der Waals surface area (Å²) in [6.07, 6.45) is 4.30. The zero-order chi connectivity index (χ0) is 14.1. The molecule has 0 spiro atoms. The SMILES string of the molecule is COc1ccc(C(=O)C2CC3CCC(C2)N3)c(OC)c1. The van der Waals surface area contributed by atoms with E-state index in [0.29, 0.717) is 29.1 Å². The van der Waals surface area contributed by atoms with Gasteiger partial charge in [-0.15, -0.1) is 0 Å². The molecule has 2 atom stereocenters. The smallest absolute Gasteiger partial charge is 0.169 e. The van der Waals surface area contributed by atoms with Crippen molar-refractivity contribution in [1.82, 2.24) is 5.32 Å². The molecule has 1 N–H and O–H groups in total. The topological polar surface area (TPSA) is 47.6 Å². The molecule has 4 nitrogen and oxygen atoms in total. The minimum absolute atomic E-state index is 0.121. The van der Waals surface area contributed by atoms with Gasteiger partial charge in [-0.1, -0.05) is 0 Å². The summed E-state index contributed by atoms with van der Waals surface area (Å²) in [4.78, 5) is 12.7. The maximum absolute atomic E-state index is 12.7. The van der Waals surface area contributed by atoms with Crippen LogP contribution in [0.4, 0.5) is 0 Å². The van der Waals surface area contributed by atoms with E-state index >= 15 is 0 Å². The van der Waals surface area contributed by atoms with E-state index in [1.807, 2.05) is 12.1 Å². The summed E-state index contributed by atoms with van der Waals surface area (Å²) in [5.41, 5.74) is 0.680. The quantitative estimate of drug-likeness (QED) is 0.857. The van der Waals surface area contributed by atoms with Crippen LogP contribution in [0.15, 0.2) is 18.2 Å². The lowest BCUT2D eigenvalue weighted by atomic mass is 9.85. The van der Waals surface area contributed by atoms with E-state index in [9.17, 15) is 4.79 Å². The van der Waals surface area contributed by atoms with E-state index in [-0.39, 0.29) is 11.7 Å². The lowest BCUT2D eigenvalue weighted by molar-refractivity contribution is 0.0872. The van der Waals surface area contributed by atoms with Gasteiger partial charge in [-0.25, -0.2) is 0 Å². The standard InChI is InChI=1S/C16H21NO3/c1-19-13-5-6-14(15(9-13)20-2)16(18)10-7-11-3-4-12(8-10)17-11/h5-6,9-12,17H,3-4,7-8H2,1-2H3. The number of benzene rings is 1. The van der Waals surface area contributed by atoms with Gasteiger partial charge in [0.1, 0.15) is 11.5 Å². The predicted molar refractivity (Wildman–Crippen MR) is 76.5 cm³/mol. The zero-order valence-electron chi connectivity index (χ0n) is 12.0. The Morgan fingerprint density at radius 2 is 1.85 bits per heavy atom. The van der Waals surface area contributed by atoms with Gasteiger partial charge < -0.3 is 14.8 Å². The Hall–Kier alpha value is -1.55. The average molecular weight is 275 g/mol. The third-order valence-electron chi connectivity index (χ3n) is 4.52. The Balaban J connectivity index is 1.83. The van der Waals surface area contributed by atoms with Gasteiger partial charge in [-0.2, -0.15) is 0 Å². The predicted octanol–water partition coefficient (Wildman–Crippen LogP) is 2.42. The minimum Gasteiger partial charge on any atom is -0.497 e. The number of hydrogen-bond donors (Lipinski definition) is 1. The lowest BCUT2D eigenvalue weighted by Crippen LogP contribution is -2.40. The van der Waals surface area contributed by atoms with Crippen LogP contribution in [-0.4, -0.2) is 32.1 Å². The molecule has 2 bridgehead atoms. The molecule has 108 valence electrons. The van der Waals surface area contributed by atoms with Gasteiger partial charge in [-0.05, 0) is 37.8 Å². The van der Waals surface area contributed by atoms with E-state index in [1.54, 1.807) is 20.3 Å². The van der Waals surface area contributed by atoms with Crippen LogP contribution in [0.1, 0.15) is 36.0 Å². The first-order valence-corrected chi connectivity index (χ1v) is 7.23. The second-order valence-electron chi connectivity index (χ2n) is 5.74. The van der Waals surface area contributed by atoms with Crippen LogP contribution in [0.5, 0.6) is 11.5 Å². The van der Waals surface area contributed by atoms with Crippen LogP contribution < -0.4 is 14.8 Å². The highest BCUT2D eigenvalue weighted by Crippen LogP contribution is 2.35. The second-order valence-corrected chi connectivity index (χ2v) is 5.74. The van der Waals surface area contributed by atoms with Crippen molar-refractivity contribution in [2.75, 3.05) is 14.2 Å². The van der Waals surface area contributed by atoms with Gasteiger partial charge in [0.15, 0.2) is 5.78 Å². The normalized spacial score (nSPS) is 28.2. The highest BCUT2D eigenvalue weighted by atomic mass is 16.5. The van der Waals surface area contributed by atoms with Gasteiger partial charge in [0.25, 0.3) is 0 Å². The molecule has 0 amide bonds. The van der Waals surface area contributed by atoms with Crippen LogP contribution in [0.25, 0.3) is 0 Å². The van der Waals surface area contributed by atoms with Crippen molar-refractivity contribution < 1.29 is 14.3 Å².